The fourth-order valence-electron chi connectivity index (χ4n) is 2.56. The molecule has 24 heavy (non-hydrogen) atoms. The summed E-state index contributed by atoms with van der Waals surface area (Å²) in [5.74, 6) is -1.82. The Morgan fingerprint density at radius 3 is 2.62 bits per heavy atom. The van der Waals surface area contributed by atoms with E-state index >= 15 is 0 Å². The number of aryl methyl sites for hydroxylation is 1. The second-order valence-electron chi connectivity index (χ2n) is 5.69. The summed E-state index contributed by atoms with van der Waals surface area (Å²) in [7, 11) is -3.48. The normalized spacial score (nSPS) is 13.2. The molecule has 0 aliphatic carbocycles. The molecule has 1 unspecified atom stereocenters. The topological polar surface area (TPSA) is 91.1 Å². The molecule has 1 aromatic heterocycles. The number of H-pyrrole nitrogens is 1. The number of amides is 1. The molecule has 132 valence electrons. The second-order valence-corrected chi connectivity index (χ2v) is 7.47. The number of benzene rings is 1. The third-order valence-corrected chi connectivity index (χ3v) is 4.39. The Labute approximate surface area is 138 Å². The number of aromatic amines is 1. The van der Waals surface area contributed by atoms with Gasteiger partial charge in [0.2, 0.25) is 15.9 Å². The highest BCUT2D eigenvalue weighted by Crippen LogP contribution is 2.25. The molecular weight excluding hydrogens is 340 g/mol. The summed E-state index contributed by atoms with van der Waals surface area (Å²) in [4.78, 5) is 14.7. The molecule has 0 fully saturated rings. The maximum Gasteiger partial charge on any atom is 0.237 e. The van der Waals surface area contributed by atoms with E-state index in [0.717, 1.165) is 12.3 Å². The van der Waals surface area contributed by atoms with E-state index in [2.05, 4.69) is 15.0 Å². The molecule has 6 nitrogen and oxygen atoms in total. The highest BCUT2D eigenvalue weighted by Gasteiger charge is 2.17. The molecule has 1 heterocycles. The molecule has 1 aromatic carbocycles. The van der Waals surface area contributed by atoms with Gasteiger partial charge in [-0.1, -0.05) is 0 Å². The smallest absolute Gasteiger partial charge is 0.237 e. The van der Waals surface area contributed by atoms with E-state index in [1.807, 2.05) is 0 Å². The fourth-order valence-corrected chi connectivity index (χ4v) is 3.31. The van der Waals surface area contributed by atoms with Gasteiger partial charge in [-0.25, -0.2) is 21.9 Å². The fraction of sp³-hybridized carbons (Fsp3) is 0.400. The molecule has 0 radical (unpaired) electrons. The van der Waals surface area contributed by atoms with Gasteiger partial charge in [0.1, 0.15) is 11.6 Å². The first kappa shape index (κ1) is 18.3. The summed E-state index contributed by atoms with van der Waals surface area (Å²) in [5.41, 5.74) is 1.61. The highest BCUT2D eigenvalue weighted by molar-refractivity contribution is 7.88. The number of sulfonamides is 1. The summed E-state index contributed by atoms with van der Waals surface area (Å²) in [6.45, 7) is 3.38. The number of hydrogen-bond acceptors (Lipinski definition) is 3. The van der Waals surface area contributed by atoms with Crippen LogP contribution >= 0.6 is 0 Å². The van der Waals surface area contributed by atoms with E-state index in [9.17, 15) is 22.0 Å². The first-order chi connectivity index (χ1) is 11.1. The lowest BCUT2D eigenvalue weighted by Gasteiger charge is -2.12. The van der Waals surface area contributed by atoms with E-state index in [-0.39, 0.29) is 12.1 Å². The number of halogens is 2. The maximum absolute atomic E-state index is 13.7. The average Bonchev–Trinajstić information content (AvgIpc) is 2.74. The van der Waals surface area contributed by atoms with Gasteiger partial charge in [-0.15, -0.1) is 0 Å². The van der Waals surface area contributed by atoms with Gasteiger partial charge in [-0.2, -0.15) is 0 Å². The molecule has 2 rings (SSSR count). The Morgan fingerprint density at radius 2 is 2.00 bits per heavy atom. The molecule has 9 heteroatoms. The van der Waals surface area contributed by atoms with Crippen LogP contribution < -0.4 is 10.0 Å². The van der Waals surface area contributed by atoms with Crippen molar-refractivity contribution in [3.8, 4) is 0 Å². The van der Waals surface area contributed by atoms with Crippen LogP contribution in [0, 0.1) is 18.6 Å². The Balaban J connectivity index is 2.06. The number of hydrogen-bond donors (Lipinski definition) is 3. The molecule has 1 atom stereocenters. The minimum atomic E-state index is -3.48. The first-order valence-electron chi connectivity index (χ1n) is 7.29. The molecule has 0 saturated carbocycles. The second kappa shape index (κ2) is 6.86. The highest BCUT2D eigenvalue weighted by atomic mass is 32.2. The minimum Gasteiger partial charge on any atom is -0.356 e. The molecule has 3 N–H and O–H groups in total. The lowest BCUT2D eigenvalue weighted by molar-refractivity contribution is -0.122. The van der Waals surface area contributed by atoms with Crippen LogP contribution in [0.3, 0.4) is 0 Å². The first-order valence-corrected chi connectivity index (χ1v) is 9.19. The SMILES string of the molecule is Cc1[nH]c2c(F)cc(F)cc2c1CCNC(=O)C(C)NS(C)(=O)=O. The Bertz CT molecular complexity index is 878. The van der Waals surface area contributed by atoms with Crippen molar-refractivity contribution >= 4 is 26.8 Å². The van der Waals surface area contributed by atoms with Crippen LogP contribution in [0.1, 0.15) is 18.2 Å². The van der Waals surface area contributed by atoms with Crippen molar-refractivity contribution < 1.29 is 22.0 Å². The Kier molecular flexibility index (Phi) is 5.24. The van der Waals surface area contributed by atoms with Crippen molar-refractivity contribution in [2.24, 2.45) is 0 Å². The predicted molar refractivity (Wildman–Crippen MR) is 87.1 cm³/mol. The molecular formula is C15H19F2N3O3S. The minimum absolute atomic E-state index is 0.209. The number of rotatable bonds is 6. The lowest BCUT2D eigenvalue weighted by atomic mass is 10.1. The van der Waals surface area contributed by atoms with Gasteiger partial charge in [0.25, 0.3) is 0 Å². The number of carbonyl (C=O) groups excluding carboxylic acids is 1. The van der Waals surface area contributed by atoms with Gasteiger partial charge in [0, 0.05) is 23.7 Å². The van der Waals surface area contributed by atoms with Gasteiger partial charge in [-0.05, 0) is 31.9 Å². The molecule has 0 saturated heterocycles. The zero-order valence-corrected chi connectivity index (χ0v) is 14.4. The maximum atomic E-state index is 13.7. The summed E-state index contributed by atoms with van der Waals surface area (Å²) in [6.07, 6.45) is 1.32. The van der Waals surface area contributed by atoms with Crippen LogP contribution in [0.2, 0.25) is 0 Å². The Hall–Kier alpha value is -2.00. The van der Waals surface area contributed by atoms with Crippen LogP contribution in [-0.2, 0) is 21.2 Å². The van der Waals surface area contributed by atoms with Gasteiger partial charge in [-0.3, -0.25) is 4.79 Å². The largest absolute Gasteiger partial charge is 0.356 e. The van der Waals surface area contributed by atoms with Gasteiger partial charge in [0.05, 0.1) is 17.8 Å². The molecule has 0 aliphatic rings. The third kappa shape index (κ3) is 4.30. The summed E-state index contributed by atoms with van der Waals surface area (Å²) in [5, 5.41) is 3.03. The van der Waals surface area contributed by atoms with E-state index in [1.165, 1.54) is 13.0 Å². The standard InChI is InChI=1S/C15H19F2N3O3S/c1-8-11(12-6-10(16)7-13(17)14(12)19-8)4-5-18-15(21)9(2)20-24(3,22)23/h6-7,9,19-20H,4-5H2,1-3H3,(H,18,21). The van der Waals surface area contributed by atoms with Gasteiger partial charge < -0.3 is 10.3 Å². The molecule has 0 spiro atoms. The number of aromatic nitrogens is 1. The van der Waals surface area contributed by atoms with Crippen LogP contribution in [0.5, 0.6) is 0 Å². The zero-order chi connectivity index (χ0) is 18.1. The lowest BCUT2D eigenvalue weighted by Crippen LogP contribution is -2.44. The van der Waals surface area contributed by atoms with Crippen molar-refractivity contribution in [3.05, 3.63) is 35.0 Å². The van der Waals surface area contributed by atoms with Crippen LogP contribution in [0.4, 0.5) is 8.78 Å². The number of carbonyl (C=O) groups is 1. The summed E-state index contributed by atoms with van der Waals surface area (Å²) < 4.78 is 51.5. The van der Waals surface area contributed by atoms with E-state index in [1.54, 1.807) is 6.92 Å². The Morgan fingerprint density at radius 1 is 1.33 bits per heavy atom. The van der Waals surface area contributed by atoms with Crippen LogP contribution in [0.15, 0.2) is 12.1 Å². The number of nitrogens with one attached hydrogen (secondary N) is 3. The zero-order valence-electron chi connectivity index (χ0n) is 13.5. The van der Waals surface area contributed by atoms with Crippen molar-refractivity contribution in [3.63, 3.8) is 0 Å². The summed E-state index contributed by atoms with van der Waals surface area (Å²) >= 11 is 0. The van der Waals surface area contributed by atoms with E-state index < -0.39 is 33.6 Å². The van der Waals surface area contributed by atoms with Crippen molar-refractivity contribution in [2.75, 3.05) is 12.8 Å². The predicted octanol–water partition coefficient (Wildman–Crippen LogP) is 1.35. The van der Waals surface area contributed by atoms with Gasteiger partial charge >= 0.3 is 0 Å². The van der Waals surface area contributed by atoms with Crippen molar-refractivity contribution in [1.29, 1.82) is 0 Å². The van der Waals surface area contributed by atoms with Crippen molar-refractivity contribution in [2.45, 2.75) is 26.3 Å². The van der Waals surface area contributed by atoms with E-state index in [4.69, 9.17) is 0 Å². The average molecular weight is 359 g/mol. The molecule has 2 aromatic rings. The molecule has 0 aliphatic heterocycles. The van der Waals surface area contributed by atoms with Crippen molar-refractivity contribution in [1.82, 2.24) is 15.0 Å². The molecule has 1 amide bonds. The monoisotopic (exact) mass is 359 g/mol. The quantitative estimate of drug-likeness (QED) is 0.727. The third-order valence-electron chi connectivity index (χ3n) is 3.60. The molecule has 0 bridgehead atoms. The number of fused-ring (bicyclic) bond motifs is 1. The van der Waals surface area contributed by atoms with E-state index in [0.29, 0.717) is 23.1 Å². The summed E-state index contributed by atoms with van der Waals surface area (Å²) in [6, 6.07) is 1.15. The van der Waals surface area contributed by atoms with Crippen LogP contribution in [-0.4, -0.2) is 38.2 Å². The van der Waals surface area contributed by atoms with Gasteiger partial charge in [0.15, 0.2) is 0 Å². The van der Waals surface area contributed by atoms with Crippen LogP contribution in [0.25, 0.3) is 10.9 Å².